The lowest BCUT2D eigenvalue weighted by atomic mass is 10.2. The molecule has 0 spiro atoms. The molecule has 7 nitrogen and oxygen atoms in total. The van der Waals surface area contributed by atoms with Crippen LogP contribution in [0.2, 0.25) is 0 Å². The zero-order valence-electron chi connectivity index (χ0n) is 16.8. The number of anilines is 1. The van der Waals surface area contributed by atoms with E-state index < -0.39 is 16.1 Å². The Kier molecular flexibility index (Phi) is 6.44. The minimum absolute atomic E-state index is 0.0364. The summed E-state index contributed by atoms with van der Waals surface area (Å²) < 4.78 is 39.3. The Hall–Kier alpha value is -2.58. The van der Waals surface area contributed by atoms with E-state index in [0.717, 1.165) is 12.0 Å². The molecule has 0 aliphatic carbocycles. The second-order valence-electron chi connectivity index (χ2n) is 7.13. The molecule has 156 valence electrons. The van der Waals surface area contributed by atoms with Crippen LogP contribution in [-0.4, -0.2) is 40.6 Å². The summed E-state index contributed by atoms with van der Waals surface area (Å²) in [5.74, 6) is 1.11. The molecule has 1 atom stereocenters. The number of sulfonamides is 1. The zero-order valence-corrected chi connectivity index (χ0v) is 17.7. The fraction of sp³-hybridized carbons (Fsp3) is 0.381. The van der Waals surface area contributed by atoms with Crippen LogP contribution in [0.4, 0.5) is 5.69 Å². The number of benzene rings is 2. The summed E-state index contributed by atoms with van der Waals surface area (Å²) in [6, 6.07) is 11.6. The lowest BCUT2D eigenvalue weighted by Gasteiger charge is -2.21. The third-order valence-corrected chi connectivity index (χ3v) is 6.29. The smallest absolute Gasteiger partial charge is 0.241 e. The van der Waals surface area contributed by atoms with Gasteiger partial charge in [-0.1, -0.05) is 17.7 Å². The van der Waals surface area contributed by atoms with Gasteiger partial charge in [0.05, 0.1) is 23.7 Å². The van der Waals surface area contributed by atoms with Gasteiger partial charge in [0.1, 0.15) is 18.1 Å². The lowest BCUT2D eigenvalue weighted by molar-refractivity contribution is -0.117. The van der Waals surface area contributed by atoms with E-state index in [1.807, 2.05) is 31.2 Å². The van der Waals surface area contributed by atoms with Crippen LogP contribution >= 0.6 is 0 Å². The van der Waals surface area contributed by atoms with Crippen LogP contribution < -0.4 is 19.1 Å². The summed E-state index contributed by atoms with van der Waals surface area (Å²) in [6.45, 7) is 4.46. The summed E-state index contributed by atoms with van der Waals surface area (Å²) in [5, 5.41) is 0. The van der Waals surface area contributed by atoms with Crippen molar-refractivity contribution < 1.29 is 22.7 Å². The first-order chi connectivity index (χ1) is 13.8. The highest BCUT2D eigenvalue weighted by molar-refractivity contribution is 7.89. The predicted octanol–water partition coefficient (Wildman–Crippen LogP) is 2.88. The molecule has 0 radical (unpaired) electrons. The van der Waals surface area contributed by atoms with E-state index in [0.29, 0.717) is 30.2 Å². The van der Waals surface area contributed by atoms with Gasteiger partial charge >= 0.3 is 0 Å². The van der Waals surface area contributed by atoms with Crippen molar-refractivity contribution in [3.05, 3.63) is 48.0 Å². The maximum atomic E-state index is 12.8. The highest BCUT2D eigenvalue weighted by Crippen LogP contribution is 2.33. The Morgan fingerprint density at radius 2 is 1.90 bits per heavy atom. The number of nitrogens with zero attached hydrogens (tertiary/aromatic N) is 1. The number of carbonyl (C=O) groups excluding carboxylic acids is 1. The molecule has 8 heteroatoms. The van der Waals surface area contributed by atoms with Crippen LogP contribution in [0.25, 0.3) is 0 Å². The van der Waals surface area contributed by atoms with Crippen molar-refractivity contribution in [3.8, 4) is 11.5 Å². The van der Waals surface area contributed by atoms with Gasteiger partial charge in [-0.05, 0) is 50.6 Å². The third kappa shape index (κ3) is 5.07. The summed E-state index contributed by atoms with van der Waals surface area (Å²) in [7, 11) is -2.29. The van der Waals surface area contributed by atoms with Crippen LogP contribution in [0.15, 0.2) is 47.4 Å². The highest BCUT2D eigenvalue weighted by atomic mass is 32.2. The first-order valence-electron chi connectivity index (χ1n) is 9.50. The van der Waals surface area contributed by atoms with Gasteiger partial charge in [-0.2, -0.15) is 0 Å². The van der Waals surface area contributed by atoms with E-state index in [1.165, 1.54) is 19.2 Å². The highest BCUT2D eigenvalue weighted by Gasteiger charge is 2.27. The number of hydrogen-bond donors (Lipinski definition) is 1. The Balaban J connectivity index is 1.72. The van der Waals surface area contributed by atoms with Gasteiger partial charge < -0.3 is 14.4 Å². The SMILES string of the molecule is COc1ccc(S(=O)(=O)N[C@H](C)COc2ccc(C)cc2)cc1N1CCCC1=O. The Morgan fingerprint density at radius 1 is 1.17 bits per heavy atom. The molecular formula is C21H26N2O5S. The van der Waals surface area contributed by atoms with Gasteiger partial charge in [0.25, 0.3) is 0 Å². The molecule has 2 aromatic rings. The van der Waals surface area contributed by atoms with Crippen molar-refractivity contribution in [1.29, 1.82) is 0 Å². The molecule has 0 bridgehead atoms. The van der Waals surface area contributed by atoms with Gasteiger partial charge in [-0.3, -0.25) is 4.79 Å². The van der Waals surface area contributed by atoms with Crippen molar-refractivity contribution in [2.45, 2.75) is 37.6 Å². The molecule has 29 heavy (non-hydrogen) atoms. The third-order valence-electron chi connectivity index (χ3n) is 4.70. The predicted molar refractivity (Wildman–Crippen MR) is 111 cm³/mol. The molecule has 1 aliphatic rings. The molecule has 1 N–H and O–H groups in total. The molecule has 3 rings (SSSR count). The quantitative estimate of drug-likeness (QED) is 0.713. The van der Waals surface area contributed by atoms with Crippen molar-refractivity contribution >= 4 is 21.6 Å². The molecule has 2 aromatic carbocycles. The standard InChI is InChI=1S/C21H26N2O5S/c1-15-6-8-17(9-7-15)28-14-16(2)22-29(25,26)18-10-11-20(27-3)19(13-18)23-12-4-5-21(23)24/h6-11,13,16,22H,4-5,12,14H2,1-3H3/t16-/m1/s1. The largest absolute Gasteiger partial charge is 0.495 e. The van der Waals surface area contributed by atoms with Gasteiger partial charge in [-0.15, -0.1) is 0 Å². The zero-order chi connectivity index (χ0) is 21.0. The molecular weight excluding hydrogens is 392 g/mol. The molecule has 1 aliphatic heterocycles. The van der Waals surface area contributed by atoms with E-state index in [-0.39, 0.29) is 17.4 Å². The second kappa shape index (κ2) is 8.84. The van der Waals surface area contributed by atoms with Crippen LogP contribution in [0, 0.1) is 6.92 Å². The van der Waals surface area contributed by atoms with Crippen molar-refractivity contribution in [3.63, 3.8) is 0 Å². The molecule has 1 fully saturated rings. The van der Waals surface area contributed by atoms with Crippen molar-refractivity contribution in [1.82, 2.24) is 4.72 Å². The summed E-state index contributed by atoms with van der Waals surface area (Å²) >= 11 is 0. The van der Waals surface area contributed by atoms with E-state index in [9.17, 15) is 13.2 Å². The van der Waals surface area contributed by atoms with E-state index >= 15 is 0 Å². The average Bonchev–Trinajstić information content (AvgIpc) is 3.12. The minimum Gasteiger partial charge on any atom is -0.495 e. The van der Waals surface area contributed by atoms with E-state index in [4.69, 9.17) is 9.47 Å². The summed E-state index contributed by atoms with van der Waals surface area (Å²) in [6.07, 6.45) is 1.19. The van der Waals surface area contributed by atoms with Crippen LogP contribution in [0.5, 0.6) is 11.5 Å². The number of amides is 1. The Morgan fingerprint density at radius 3 is 2.52 bits per heavy atom. The second-order valence-corrected chi connectivity index (χ2v) is 8.84. The van der Waals surface area contributed by atoms with Gasteiger partial charge in [0, 0.05) is 13.0 Å². The van der Waals surface area contributed by atoms with E-state index in [1.54, 1.807) is 17.9 Å². The first-order valence-corrected chi connectivity index (χ1v) is 11.0. The molecule has 1 amide bonds. The molecule has 1 heterocycles. The number of hydrogen-bond acceptors (Lipinski definition) is 5. The number of nitrogens with one attached hydrogen (secondary N) is 1. The normalized spacial score (nSPS) is 15.4. The lowest BCUT2D eigenvalue weighted by Crippen LogP contribution is -2.37. The first kappa shape index (κ1) is 21.1. The number of carbonyl (C=O) groups is 1. The molecule has 1 saturated heterocycles. The number of rotatable bonds is 8. The minimum atomic E-state index is -3.79. The summed E-state index contributed by atoms with van der Waals surface area (Å²) in [4.78, 5) is 13.8. The number of aryl methyl sites for hydroxylation is 1. The van der Waals surface area contributed by atoms with Crippen LogP contribution in [0.1, 0.15) is 25.3 Å². The number of ether oxygens (including phenoxy) is 2. The summed E-state index contributed by atoms with van der Waals surface area (Å²) in [5.41, 5.74) is 1.60. The van der Waals surface area contributed by atoms with Gasteiger partial charge in [0.15, 0.2) is 0 Å². The maximum absolute atomic E-state index is 12.8. The fourth-order valence-electron chi connectivity index (χ4n) is 3.17. The van der Waals surface area contributed by atoms with Crippen molar-refractivity contribution in [2.24, 2.45) is 0 Å². The molecule has 0 unspecified atom stereocenters. The van der Waals surface area contributed by atoms with Gasteiger partial charge in [-0.25, -0.2) is 13.1 Å². The van der Waals surface area contributed by atoms with E-state index in [2.05, 4.69) is 4.72 Å². The monoisotopic (exact) mass is 418 g/mol. The Labute approximate surface area is 171 Å². The molecule has 0 saturated carbocycles. The molecule has 0 aromatic heterocycles. The van der Waals surface area contributed by atoms with Gasteiger partial charge in [0.2, 0.25) is 15.9 Å². The Bertz CT molecular complexity index is 973. The van der Waals surface area contributed by atoms with Crippen LogP contribution in [0.3, 0.4) is 0 Å². The topological polar surface area (TPSA) is 84.9 Å². The number of methoxy groups -OCH3 is 1. The fourth-order valence-corrected chi connectivity index (χ4v) is 4.42. The van der Waals surface area contributed by atoms with Crippen molar-refractivity contribution in [2.75, 3.05) is 25.2 Å². The average molecular weight is 419 g/mol. The maximum Gasteiger partial charge on any atom is 0.241 e. The van der Waals surface area contributed by atoms with Crippen LogP contribution in [-0.2, 0) is 14.8 Å².